The number of amides is 1. The van der Waals surface area contributed by atoms with Crippen molar-refractivity contribution in [2.24, 2.45) is 0 Å². The molecule has 0 saturated carbocycles. The van der Waals surface area contributed by atoms with Crippen LogP contribution in [-0.4, -0.2) is 19.6 Å². The summed E-state index contributed by atoms with van der Waals surface area (Å²) < 4.78 is 5.39. The smallest absolute Gasteiger partial charge is 0.271 e. The molecule has 0 radical (unpaired) electrons. The van der Waals surface area contributed by atoms with Gasteiger partial charge in [0.1, 0.15) is 5.75 Å². The number of ether oxygens (including phenoxy) is 1. The summed E-state index contributed by atoms with van der Waals surface area (Å²) in [6, 6.07) is 6.05. The molecule has 4 nitrogen and oxygen atoms in total. The first-order valence-electron chi connectivity index (χ1n) is 5.50. The summed E-state index contributed by atoms with van der Waals surface area (Å²) in [5, 5.41) is 0. The number of carbonyl (C=O) groups is 1. The predicted octanol–water partition coefficient (Wildman–Crippen LogP) is 0.805. The molecular weight excluding hydrogens is 204 g/mol. The lowest BCUT2D eigenvalue weighted by Gasteiger charge is -2.08. The van der Waals surface area contributed by atoms with Gasteiger partial charge in [-0.15, -0.1) is 0 Å². The fraction of sp³-hybridized carbons (Fsp3) is 0.417. The Morgan fingerprint density at radius 2 is 2.19 bits per heavy atom. The van der Waals surface area contributed by atoms with Crippen molar-refractivity contribution in [1.82, 2.24) is 10.9 Å². The Hall–Kier alpha value is -1.55. The minimum absolute atomic E-state index is 0.0413. The number of hydrogen-bond acceptors (Lipinski definition) is 3. The number of hydrogen-bond donors (Lipinski definition) is 2. The van der Waals surface area contributed by atoms with E-state index in [1.807, 2.05) is 12.1 Å². The van der Waals surface area contributed by atoms with Crippen molar-refractivity contribution in [1.29, 1.82) is 0 Å². The lowest BCUT2D eigenvalue weighted by Crippen LogP contribution is -2.37. The molecule has 2 rings (SSSR count). The molecule has 0 spiro atoms. The van der Waals surface area contributed by atoms with E-state index in [9.17, 15) is 4.79 Å². The van der Waals surface area contributed by atoms with Gasteiger partial charge in [0.2, 0.25) is 0 Å². The average Bonchev–Trinajstić information content (AvgIpc) is 2.74. The highest BCUT2D eigenvalue weighted by molar-refractivity contribution is 5.76. The van der Waals surface area contributed by atoms with Crippen LogP contribution < -0.4 is 15.6 Å². The van der Waals surface area contributed by atoms with Crippen LogP contribution in [0, 0.1) is 0 Å². The molecule has 1 amide bonds. The SMILES string of the molecule is CNNC(=O)COc1ccc2c(c1)CCC2. The lowest BCUT2D eigenvalue weighted by atomic mass is 10.1. The highest BCUT2D eigenvalue weighted by atomic mass is 16.5. The zero-order chi connectivity index (χ0) is 11.4. The molecule has 0 unspecified atom stereocenters. The van der Waals surface area contributed by atoms with Crippen LogP contribution in [0.4, 0.5) is 0 Å². The number of nitrogens with one attached hydrogen (secondary N) is 2. The van der Waals surface area contributed by atoms with Gasteiger partial charge in [-0.3, -0.25) is 10.2 Å². The Bertz CT molecular complexity index is 391. The van der Waals surface area contributed by atoms with Crippen LogP contribution in [0.5, 0.6) is 5.75 Å². The Kier molecular flexibility index (Phi) is 3.41. The summed E-state index contributed by atoms with van der Waals surface area (Å²) in [5.74, 6) is 0.593. The van der Waals surface area contributed by atoms with Crippen molar-refractivity contribution < 1.29 is 9.53 Å². The molecule has 4 heteroatoms. The lowest BCUT2D eigenvalue weighted by molar-refractivity contribution is -0.123. The molecule has 16 heavy (non-hydrogen) atoms. The fourth-order valence-electron chi connectivity index (χ4n) is 1.96. The van der Waals surface area contributed by atoms with Gasteiger partial charge >= 0.3 is 0 Å². The van der Waals surface area contributed by atoms with Crippen molar-refractivity contribution >= 4 is 5.91 Å². The first-order valence-corrected chi connectivity index (χ1v) is 5.50. The molecule has 86 valence electrons. The zero-order valence-electron chi connectivity index (χ0n) is 9.38. The van der Waals surface area contributed by atoms with Crippen molar-refractivity contribution in [2.45, 2.75) is 19.3 Å². The van der Waals surface area contributed by atoms with Gasteiger partial charge in [0, 0.05) is 7.05 Å². The summed E-state index contributed by atoms with van der Waals surface area (Å²) in [6.45, 7) is 0.0413. The third-order valence-electron chi connectivity index (χ3n) is 2.70. The number of benzene rings is 1. The van der Waals surface area contributed by atoms with Gasteiger partial charge in [0.15, 0.2) is 6.61 Å². The molecule has 0 heterocycles. The largest absolute Gasteiger partial charge is 0.484 e. The highest BCUT2D eigenvalue weighted by Crippen LogP contribution is 2.25. The molecule has 0 atom stereocenters. The maximum absolute atomic E-state index is 11.2. The molecule has 1 aliphatic rings. The van der Waals surface area contributed by atoms with Crippen LogP contribution in [0.15, 0.2) is 18.2 Å². The highest BCUT2D eigenvalue weighted by Gasteiger charge is 2.11. The first kappa shape index (κ1) is 11.0. The molecule has 0 aliphatic heterocycles. The summed E-state index contributed by atoms with van der Waals surface area (Å²) in [4.78, 5) is 11.2. The monoisotopic (exact) mass is 220 g/mol. The predicted molar refractivity (Wildman–Crippen MR) is 61.2 cm³/mol. The Balaban J connectivity index is 1.93. The van der Waals surface area contributed by atoms with Crippen LogP contribution in [0.2, 0.25) is 0 Å². The van der Waals surface area contributed by atoms with E-state index < -0.39 is 0 Å². The number of hydrazine groups is 1. The van der Waals surface area contributed by atoms with E-state index in [1.54, 1.807) is 7.05 Å². The minimum Gasteiger partial charge on any atom is -0.484 e. The molecule has 1 aromatic carbocycles. The maximum atomic E-state index is 11.2. The van der Waals surface area contributed by atoms with Gasteiger partial charge in [-0.05, 0) is 42.5 Å². The average molecular weight is 220 g/mol. The molecule has 0 saturated heterocycles. The normalized spacial score (nSPS) is 13.3. The van der Waals surface area contributed by atoms with Gasteiger partial charge in [-0.1, -0.05) is 6.07 Å². The van der Waals surface area contributed by atoms with Gasteiger partial charge in [0.25, 0.3) is 5.91 Å². The van der Waals surface area contributed by atoms with E-state index in [2.05, 4.69) is 16.9 Å². The summed E-state index contributed by atoms with van der Waals surface area (Å²) in [7, 11) is 1.65. The van der Waals surface area contributed by atoms with Crippen molar-refractivity contribution in [3.63, 3.8) is 0 Å². The quantitative estimate of drug-likeness (QED) is 0.738. The standard InChI is InChI=1S/C12H16N2O2/c1-13-14-12(15)8-16-11-6-5-9-3-2-4-10(9)7-11/h5-7,13H,2-4,8H2,1H3,(H,14,15). The second kappa shape index (κ2) is 4.99. The van der Waals surface area contributed by atoms with Crippen LogP contribution in [0.3, 0.4) is 0 Å². The number of rotatable bonds is 4. The topological polar surface area (TPSA) is 50.4 Å². The maximum Gasteiger partial charge on any atom is 0.271 e. The van der Waals surface area contributed by atoms with E-state index >= 15 is 0 Å². The summed E-state index contributed by atoms with van der Waals surface area (Å²) in [6.07, 6.45) is 3.50. The van der Waals surface area contributed by atoms with E-state index in [-0.39, 0.29) is 12.5 Å². The molecule has 0 bridgehead atoms. The Labute approximate surface area is 95.0 Å². The molecule has 1 aromatic rings. The number of carbonyl (C=O) groups excluding carboxylic acids is 1. The summed E-state index contributed by atoms with van der Waals surface area (Å²) >= 11 is 0. The third-order valence-corrected chi connectivity index (χ3v) is 2.70. The second-order valence-electron chi connectivity index (χ2n) is 3.87. The molecule has 0 fully saturated rings. The van der Waals surface area contributed by atoms with Crippen molar-refractivity contribution in [2.75, 3.05) is 13.7 Å². The Morgan fingerprint density at radius 3 is 3.00 bits per heavy atom. The van der Waals surface area contributed by atoms with Crippen LogP contribution in [0.1, 0.15) is 17.5 Å². The van der Waals surface area contributed by atoms with Gasteiger partial charge in [0.05, 0.1) is 0 Å². The number of fused-ring (bicyclic) bond motifs is 1. The van der Waals surface area contributed by atoms with E-state index in [0.717, 1.165) is 18.6 Å². The first-order chi connectivity index (χ1) is 7.79. The third kappa shape index (κ3) is 2.52. The van der Waals surface area contributed by atoms with E-state index in [1.165, 1.54) is 17.5 Å². The van der Waals surface area contributed by atoms with Crippen LogP contribution in [0.25, 0.3) is 0 Å². The second-order valence-corrected chi connectivity index (χ2v) is 3.87. The van der Waals surface area contributed by atoms with E-state index in [4.69, 9.17) is 4.74 Å². The van der Waals surface area contributed by atoms with Gasteiger partial charge in [-0.2, -0.15) is 0 Å². The van der Waals surface area contributed by atoms with Crippen LogP contribution in [-0.2, 0) is 17.6 Å². The fourth-order valence-corrected chi connectivity index (χ4v) is 1.96. The molecule has 1 aliphatic carbocycles. The van der Waals surface area contributed by atoms with Gasteiger partial charge < -0.3 is 4.74 Å². The van der Waals surface area contributed by atoms with Crippen molar-refractivity contribution in [3.8, 4) is 5.75 Å². The minimum atomic E-state index is -0.178. The molecular formula is C12H16N2O2. The zero-order valence-corrected chi connectivity index (χ0v) is 9.38. The number of aryl methyl sites for hydroxylation is 2. The van der Waals surface area contributed by atoms with Gasteiger partial charge in [-0.25, -0.2) is 5.43 Å². The van der Waals surface area contributed by atoms with Crippen molar-refractivity contribution in [3.05, 3.63) is 29.3 Å². The Morgan fingerprint density at radius 1 is 1.38 bits per heavy atom. The summed E-state index contributed by atoms with van der Waals surface area (Å²) in [5.41, 5.74) is 7.78. The molecule has 0 aromatic heterocycles. The van der Waals surface area contributed by atoms with E-state index in [0.29, 0.717) is 0 Å². The van der Waals surface area contributed by atoms with Crippen LogP contribution >= 0.6 is 0 Å². The molecule has 2 N–H and O–H groups in total.